The van der Waals surface area contributed by atoms with E-state index in [1.165, 1.54) is 0 Å². The third-order valence-electron chi connectivity index (χ3n) is 3.27. The molecule has 2 atom stereocenters. The van der Waals surface area contributed by atoms with Crippen LogP contribution in [0.5, 0.6) is 0 Å². The Balaban J connectivity index is 2.53. The van der Waals surface area contributed by atoms with Crippen molar-refractivity contribution in [3.05, 3.63) is 39.9 Å². The fourth-order valence-electron chi connectivity index (χ4n) is 1.88. The molecule has 4 heteroatoms. The lowest BCUT2D eigenvalue weighted by atomic mass is 9.95. The van der Waals surface area contributed by atoms with Gasteiger partial charge in [0, 0.05) is 18.2 Å². The van der Waals surface area contributed by atoms with Crippen molar-refractivity contribution >= 4 is 5.69 Å². The van der Waals surface area contributed by atoms with Gasteiger partial charge in [0.15, 0.2) is 0 Å². The summed E-state index contributed by atoms with van der Waals surface area (Å²) in [4.78, 5) is 10.2. The standard InChI is InChI=1S/C14H22N2O2/c1-4-9-15-12(3)11(2)10-13-5-7-14(8-6-13)16(17)18/h5-8,11-12,15H,4,9-10H2,1-3H3. The minimum Gasteiger partial charge on any atom is -0.314 e. The van der Waals surface area contributed by atoms with Gasteiger partial charge in [-0.05, 0) is 37.8 Å². The molecule has 4 nitrogen and oxygen atoms in total. The number of hydrogen-bond donors (Lipinski definition) is 1. The van der Waals surface area contributed by atoms with Gasteiger partial charge in [0.25, 0.3) is 5.69 Å². The minimum atomic E-state index is -0.362. The molecule has 0 aliphatic rings. The Morgan fingerprint density at radius 1 is 1.28 bits per heavy atom. The van der Waals surface area contributed by atoms with Crippen LogP contribution >= 0.6 is 0 Å². The topological polar surface area (TPSA) is 55.2 Å². The zero-order valence-corrected chi connectivity index (χ0v) is 11.3. The number of benzene rings is 1. The summed E-state index contributed by atoms with van der Waals surface area (Å²) in [6, 6.07) is 7.31. The highest BCUT2D eigenvalue weighted by Crippen LogP contribution is 2.16. The van der Waals surface area contributed by atoms with Crippen LogP contribution in [0.4, 0.5) is 5.69 Å². The quantitative estimate of drug-likeness (QED) is 0.597. The molecule has 0 fully saturated rings. The van der Waals surface area contributed by atoms with Crippen LogP contribution in [0.15, 0.2) is 24.3 Å². The average Bonchev–Trinajstić information content (AvgIpc) is 2.36. The van der Waals surface area contributed by atoms with Crippen LogP contribution in [-0.4, -0.2) is 17.5 Å². The van der Waals surface area contributed by atoms with Gasteiger partial charge in [-0.25, -0.2) is 0 Å². The molecule has 1 aromatic rings. The highest BCUT2D eigenvalue weighted by Gasteiger charge is 2.12. The fraction of sp³-hybridized carbons (Fsp3) is 0.571. The lowest BCUT2D eigenvalue weighted by Gasteiger charge is -2.21. The first-order valence-corrected chi connectivity index (χ1v) is 6.51. The molecule has 0 aliphatic heterocycles. The number of nitro groups is 1. The first-order valence-electron chi connectivity index (χ1n) is 6.51. The van der Waals surface area contributed by atoms with Crippen molar-refractivity contribution in [2.45, 2.75) is 39.7 Å². The van der Waals surface area contributed by atoms with E-state index in [0.29, 0.717) is 12.0 Å². The summed E-state index contributed by atoms with van der Waals surface area (Å²) in [5.74, 6) is 0.512. The third-order valence-corrected chi connectivity index (χ3v) is 3.27. The van der Waals surface area contributed by atoms with E-state index >= 15 is 0 Å². The number of rotatable bonds is 7. The molecular formula is C14H22N2O2. The van der Waals surface area contributed by atoms with Crippen molar-refractivity contribution in [1.29, 1.82) is 0 Å². The van der Waals surface area contributed by atoms with Crippen molar-refractivity contribution in [3.63, 3.8) is 0 Å². The van der Waals surface area contributed by atoms with Crippen LogP contribution < -0.4 is 5.32 Å². The maximum atomic E-state index is 10.6. The number of nitro benzene ring substituents is 1. The highest BCUT2D eigenvalue weighted by molar-refractivity contribution is 5.33. The molecular weight excluding hydrogens is 228 g/mol. The number of hydrogen-bond acceptors (Lipinski definition) is 3. The maximum absolute atomic E-state index is 10.6. The smallest absolute Gasteiger partial charge is 0.269 e. The van der Waals surface area contributed by atoms with Gasteiger partial charge in [-0.15, -0.1) is 0 Å². The molecule has 1 aromatic carbocycles. The number of nitrogens with zero attached hydrogens (tertiary/aromatic N) is 1. The maximum Gasteiger partial charge on any atom is 0.269 e. The molecule has 0 saturated carbocycles. The second-order valence-electron chi connectivity index (χ2n) is 4.85. The van der Waals surface area contributed by atoms with Crippen LogP contribution in [-0.2, 0) is 6.42 Å². The largest absolute Gasteiger partial charge is 0.314 e. The van der Waals surface area contributed by atoms with Gasteiger partial charge in [-0.3, -0.25) is 10.1 Å². The van der Waals surface area contributed by atoms with E-state index in [2.05, 4.69) is 26.1 Å². The molecule has 18 heavy (non-hydrogen) atoms. The Labute approximate surface area is 109 Å². The summed E-state index contributed by atoms with van der Waals surface area (Å²) in [6.45, 7) is 7.58. The monoisotopic (exact) mass is 250 g/mol. The first kappa shape index (κ1) is 14.6. The Morgan fingerprint density at radius 3 is 2.39 bits per heavy atom. The summed E-state index contributed by atoms with van der Waals surface area (Å²) in [6.07, 6.45) is 2.07. The van der Waals surface area contributed by atoms with Crippen LogP contribution in [0, 0.1) is 16.0 Å². The zero-order valence-electron chi connectivity index (χ0n) is 11.3. The molecule has 0 bridgehead atoms. The van der Waals surface area contributed by atoms with E-state index in [-0.39, 0.29) is 10.6 Å². The normalized spacial score (nSPS) is 14.2. The van der Waals surface area contributed by atoms with Crippen molar-refractivity contribution in [3.8, 4) is 0 Å². The van der Waals surface area contributed by atoms with Crippen molar-refractivity contribution in [2.24, 2.45) is 5.92 Å². The van der Waals surface area contributed by atoms with Crippen LogP contribution in [0.1, 0.15) is 32.8 Å². The second kappa shape index (κ2) is 7.11. The second-order valence-corrected chi connectivity index (χ2v) is 4.85. The first-order chi connectivity index (χ1) is 8.54. The lowest BCUT2D eigenvalue weighted by molar-refractivity contribution is -0.384. The van der Waals surface area contributed by atoms with Gasteiger partial charge in [-0.1, -0.05) is 26.0 Å². The summed E-state index contributed by atoms with van der Waals surface area (Å²) in [7, 11) is 0. The molecule has 0 spiro atoms. The van der Waals surface area contributed by atoms with Gasteiger partial charge in [-0.2, -0.15) is 0 Å². The Morgan fingerprint density at radius 2 is 1.89 bits per heavy atom. The Bertz CT molecular complexity index is 376. The van der Waals surface area contributed by atoms with Gasteiger partial charge in [0.05, 0.1) is 4.92 Å². The van der Waals surface area contributed by atoms with E-state index < -0.39 is 0 Å². The summed E-state index contributed by atoms with van der Waals surface area (Å²) >= 11 is 0. The predicted molar refractivity (Wildman–Crippen MR) is 73.7 cm³/mol. The third kappa shape index (κ3) is 4.45. The van der Waals surface area contributed by atoms with Gasteiger partial charge in [0.1, 0.15) is 0 Å². The van der Waals surface area contributed by atoms with E-state index in [4.69, 9.17) is 0 Å². The summed E-state index contributed by atoms with van der Waals surface area (Å²) in [5, 5.41) is 14.0. The van der Waals surface area contributed by atoms with E-state index in [0.717, 1.165) is 24.9 Å². The van der Waals surface area contributed by atoms with Crippen LogP contribution in [0.2, 0.25) is 0 Å². The number of non-ortho nitro benzene ring substituents is 1. The molecule has 0 amide bonds. The van der Waals surface area contributed by atoms with Gasteiger partial charge >= 0.3 is 0 Å². The molecule has 1 N–H and O–H groups in total. The molecule has 100 valence electrons. The van der Waals surface area contributed by atoms with Gasteiger partial charge < -0.3 is 5.32 Å². The fourth-order valence-corrected chi connectivity index (χ4v) is 1.88. The molecule has 0 aromatic heterocycles. The zero-order chi connectivity index (χ0) is 13.5. The van der Waals surface area contributed by atoms with Crippen molar-refractivity contribution < 1.29 is 4.92 Å². The molecule has 0 heterocycles. The summed E-state index contributed by atoms with van der Waals surface area (Å²) in [5.41, 5.74) is 1.31. The molecule has 0 saturated heterocycles. The SMILES string of the molecule is CCCNC(C)C(C)Cc1ccc([N+](=O)[O-])cc1. The molecule has 0 aliphatic carbocycles. The molecule has 2 unspecified atom stereocenters. The van der Waals surface area contributed by atoms with Crippen LogP contribution in [0.25, 0.3) is 0 Å². The van der Waals surface area contributed by atoms with Crippen molar-refractivity contribution in [1.82, 2.24) is 5.32 Å². The van der Waals surface area contributed by atoms with Crippen LogP contribution in [0.3, 0.4) is 0 Å². The van der Waals surface area contributed by atoms with E-state index in [9.17, 15) is 10.1 Å². The highest BCUT2D eigenvalue weighted by atomic mass is 16.6. The van der Waals surface area contributed by atoms with E-state index in [1.807, 2.05) is 12.1 Å². The summed E-state index contributed by atoms with van der Waals surface area (Å²) < 4.78 is 0. The molecule has 1 rings (SSSR count). The average molecular weight is 250 g/mol. The number of nitrogens with one attached hydrogen (secondary N) is 1. The minimum absolute atomic E-state index is 0.156. The van der Waals surface area contributed by atoms with Crippen molar-refractivity contribution in [2.75, 3.05) is 6.54 Å². The Hall–Kier alpha value is -1.42. The van der Waals surface area contributed by atoms with E-state index in [1.54, 1.807) is 12.1 Å². The predicted octanol–water partition coefficient (Wildman–Crippen LogP) is 3.16. The molecule has 0 radical (unpaired) electrons. The van der Waals surface area contributed by atoms with Gasteiger partial charge in [0.2, 0.25) is 0 Å². The lowest BCUT2D eigenvalue weighted by Crippen LogP contribution is -2.33. The Kier molecular flexibility index (Phi) is 5.78.